The molecule has 4 rings (SSSR count). The van der Waals surface area contributed by atoms with Crippen molar-refractivity contribution < 1.29 is 23.7 Å². The quantitative estimate of drug-likeness (QED) is 0.287. The van der Waals surface area contributed by atoms with Crippen LogP contribution in [0.15, 0.2) is 72.3 Å². The molecule has 180 valence electrons. The lowest BCUT2D eigenvalue weighted by atomic mass is 10.1. The van der Waals surface area contributed by atoms with Crippen LogP contribution < -0.4 is 19.5 Å². The van der Waals surface area contributed by atoms with Gasteiger partial charge in [0.2, 0.25) is 0 Å². The molecule has 0 bridgehead atoms. The van der Waals surface area contributed by atoms with E-state index in [9.17, 15) is 4.79 Å². The smallest absolute Gasteiger partial charge is 0.337 e. The van der Waals surface area contributed by atoms with Crippen molar-refractivity contribution in [3.63, 3.8) is 0 Å². The maximum absolute atomic E-state index is 11.7. The average molecular weight is 491 g/mol. The summed E-state index contributed by atoms with van der Waals surface area (Å²) in [6, 6.07) is 20.8. The van der Waals surface area contributed by atoms with E-state index in [-0.39, 0.29) is 5.97 Å². The number of nitrogens with one attached hydrogen (secondary N) is 1. The number of hydrogen-bond acceptors (Lipinski definition) is 8. The number of thiazole rings is 1. The second-order valence-corrected chi connectivity index (χ2v) is 8.57. The minimum absolute atomic E-state index is 0.346. The number of aromatic nitrogens is 1. The Labute approximate surface area is 207 Å². The molecule has 0 saturated heterocycles. The van der Waals surface area contributed by atoms with Gasteiger partial charge in [-0.2, -0.15) is 0 Å². The van der Waals surface area contributed by atoms with Gasteiger partial charge in [0.25, 0.3) is 5.19 Å². The van der Waals surface area contributed by atoms with Gasteiger partial charge in [0.05, 0.1) is 37.1 Å². The van der Waals surface area contributed by atoms with E-state index in [4.69, 9.17) is 18.9 Å². The van der Waals surface area contributed by atoms with Crippen LogP contribution in [0.1, 0.15) is 15.9 Å². The molecule has 7 nitrogen and oxygen atoms in total. The standard InChI is InChI=1S/C27H26N2O5S/c1-31-23-13-12-21(15-24(23)32-2)28-16-19(14-18-8-10-20(11-9-18)26(30)33-3)17-34-27-29-22-6-4-5-7-25(22)35-27/h4-15,28H,16-17H2,1-3H3/b19-14-. The van der Waals surface area contributed by atoms with Crippen LogP contribution in [0.4, 0.5) is 5.69 Å². The molecule has 1 heterocycles. The number of anilines is 1. The van der Waals surface area contributed by atoms with Crippen LogP contribution in [-0.2, 0) is 4.74 Å². The number of benzene rings is 3. The summed E-state index contributed by atoms with van der Waals surface area (Å²) in [5, 5.41) is 4.03. The van der Waals surface area contributed by atoms with Crippen molar-refractivity contribution in [1.82, 2.24) is 4.98 Å². The molecule has 0 aliphatic carbocycles. The fourth-order valence-corrected chi connectivity index (χ4v) is 4.26. The van der Waals surface area contributed by atoms with Crippen LogP contribution in [0.5, 0.6) is 16.7 Å². The molecule has 0 unspecified atom stereocenters. The highest BCUT2D eigenvalue weighted by Gasteiger charge is 2.09. The van der Waals surface area contributed by atoms with Crippen molar-refractivity contribution in [2.75, 3.05) is 39.8 Å². The van der Waals surface area contributed by atoms with E-state index < -0.39 is 0 Å². The number of fused-ring (bicyclic) bond motifs is 1. The van der Waals surface area contributed by atoms with Crippen molar-refractivity contribution in [3.8, 4) is 16.7 Å². The summed E-state index contributed by atoms with van der Waals surface area (Å²) < 4.78 is 22.6. The third kappa shape index (κ3) is 6.10. The summed E-state index contributed by atoms with van der Waals surface area (Å²) in [7, 11) is 4.58. The number of rotatable bonds is 10. The number of nitrogens with zero attached hydrogens (tertiary/aromatic N) is 1. The Morgan fingerprint density at radius 2 is 1.74 bits per heavy atom. The van der Waals surface area contributed by atoms with Gasteiger partial charge in [-0.1, -0.05) is 41.7 Å². The molecule has 4 aromatic rings. The number of carbonyl (C=O) groups is 1. The maximum atomic E-state index is 11.7. The van der Waals surface area contributed by atoms with Gasteiger partial charge in [-0.3, -0.25) is 0 Å². The van der Waals surface area contributed by atoms with E-state index in [1.165, 1.54) is 18.4 Å². The average Bonchev–Trinajstić information content (AvgIpc) is 3.33. The Morgan fingerprint density at radius 1 is 0.971 bits per heavy atom. The highest BCUT2D eigenvalue weighted by Crippen LogP contribution is 2.30. The zero-order valence-electron chi connectivity index (χ0n) is 19.7. The number of para-hydroxylation sites is 1. The van der Waals surface area contributed by atoms with Crippen LogP contribution in [-0.4, -0.2) is 45.4 Å². The van der Waals surface area contributed by atoms with Crippen LogP contribution in [0.2, 0.25) is 0 Å². The Hall–Kier alpha value is -4.04. The van der Waals surface area contributed by atoms with Gasteiger partial charge in [0.15, 0.2) is 11.5 Å². The van der Waals surface area contributed by atoms with Crippen molar-refractivity contribution in [3.05, 3.63) is 83.4 Å². The Morgan fingerprint density at radius 3 is 2.46 bits per heavy atom. The molecule has 8 heteroatoms. The predicted molar refractivity (Wildman–Crippen MR) is 139 cm³/mol. The molecule has 0 saturated carbocycles. The molecular formula is C27H26N2O5S. The van der Waals surface area contributed by atoms with Crippen molar-refractivity contribution in [2.24, 2.45) is 0 Å². The summed E-state index contributed by atoms with van der Waals surface area (Å²) in [4.78, 5) is 16.3. The minimum Gasteiger partial charge on any atom is -0.493 e. The molecular weight excluding hydrogens is 464 g/mol. The highest BCUT2D eigenvalue weighted by atomic mass is 32.1. The number of esters is 1. The second-order valence-electron chi connectivity index (χ2n) is 7.58. The molecule has 35 heavy (non-hydrogen) atoms. The van der Waals surface area contributed by atoms with Gasteiger partial charge in [0, 0.05) is 18.3 Å². The zero-order valence-corrected chi connectivity index (χ0v) is 20.6. The largest absolute Gasteiger partial charge is 0.493 e. The third-order valence-corrected chi connectivity index (χ3v) is 6.21. The SMILES string of the molecule is COC(=O)c1ccc(/C=C(/CNc2ccc(OC)c(OC)c2)COc2nc3ccccc3s2)cc1. The van der Waals surface area contributed by atoms with E-state index in [1.54, 1.807) is 26.4 Å². The molecule has 0 fully saturated rings. The van der Waals surface area contributed by atoms with E-state index >= 15 is 0 Å². The predicted octanol–water partition coefficient (Wildman–Crippen LogP) is 5.67. The Kier molecular flexibility index (Phi) is 7.84. The first-order chi connectivity index (χ1) is 17.1. The lowest BCUT2D eigenvalue weighted by Gasteiger charge is -2.13. The van der Waals surface area contributed by atoms with Crippen molar-refractivity contribution >= 4 is 39.3 Å². The molecule has 0 radical (unpaired) electrons. The molecule has 0 aliphatic rings. The number of ether oxygens (including phenoxy) is 4. The first kappa shape index (κ1) is 24.1. The first-order valence-corrected chi connectivity index (χ1v) is 11.7. The van der Waals surface area contributed by atoms with Gasteiger partial charge in [0.1, 0.15) is 6.61 Å². The van der Waals surface area contributed by atoms with Crippen LogP contribution in [0.25, 0.3) is 16.3 Å². The highest BCUT2D eigenvalue weighted by molar-refractivity contribution is 7.20. The molecule has 1 aromatic heterocycles. The minimum atomic E-state index is -0.366. The van der Waals surface area contributed by atoms with E-state index in [2.05, 4.69) is 10.3 Å². The zero-order chi connectivity index (χ0) is 24.6. The summed E-state index contributed by atoms with van der Waals surface area (Å²) in [5.74, 6) is 0.945. The molecule has 0 amide bonds. The van der Waals surface area contributed by atoms with Gasteiger partial charge in [-0.05, 0) is 47.5 Å². The fraction of sp³-hybridized carbons (Fsp3) is 0.185. The van der Waals surface area contributed by atoms with E-state index in [0.29, 0.717) is 35.4 Å². The summed E-state index contributed by atoms with van der Waals surface area (Å²) >= 11 is 1.51. The lowest BCUT2D eigenvalue weighted by molar-refractivity contribution is 0.0600. The van der Waals surface area contributed by atoms with Crippen LogP contribution in [0, 0.1) is 0 Å². The Bertz CT molecular complexity index is 1300. The number of methoxy groups -OCH3 is 3. The van der Waals surface area contributed by atoms with Crippen LogP contribution in [0.3, 0.4) is 0 Å². The summed E-state index contributed by atoms with van der Waals surface area (Å²) in [5.41, 5.74) is 4.23. The first-order valence-electron chi connectivity index (χ1n) is 10.9. The molecule has 1 N–H and O–H groups in total. The third-order valence-electron chi connectivity index (χ3n) is 5.26. The maximum Gasteiger partial charge on any atom is 0.337 e. The Balaban J connectivity index is 1.53. The second kappa shape index (κ2) is 11.4. The molecule has 0 spiro atoms. The molecule has 0 aliphatic heterocycles. The lowest BCUT2D eigenvalue weighted by Crippen LogP contribution is -2.12. The van der Waals surface area contributed by atoms with Crippen molar-refractivity contribution in [2.45, 2.75) is 0 Å². The van der Waals surface area contributed by atoms with E-state index in [0.717, 1.165) is 27.0 Å². The van der Waals surface area contributed by atoms with Gasteiger partial charge >= 0.3 is 5.97 Å². The topological polar surface area (TPSA) is 78.9 Å². The van der Waals surface area contributed by atoms with E-state index in [1.807, 2.05) is 60.7 Å². The van der Waals surface area contributed by atoms with Crippen LogP contribution >= 0.6 is 11.3 Å². The fourth-order valence-electron chi connectivity index (χ4n) is 3.44. The molecule has 3 aromatic carbocycles. The number of carbonyl (C=O) groups excluding carboxylic acids is 1. The van der Waals surface area contributed by atoms with Crippen molar-refractivity contribution in [1.29, 1.82) is 0 Å². The van der Waals surface area contributed by atoms with Gasteiger partial charge in [-0.25, -0.2) is 9.78 Å². The summed E-state index contributed by atoms with van der Waals surface area (Å²) in [6.45, 7) is 0.873. The summed E-state index contributed by atoms with van der Waals surface area (Å²) in [6.07, 6.45) is 2.03. The monoisotopic (exact) mass is 490 g/mol. The van der Waals surface area contributed by atoms with Gasteiger partial charge in [-0.15, -0.1) is 0 Å². The molecule has 0 atom stereocenters. The van der Waals surface area contributed by atoms with Gasteiger partial charge < -0.3 is 24.3 Å². The number of hydrogen-bond donors (Lipinski definition) is 1. The normalized spacial score (nSPS) is 11.2.